The molecule has 4 rings (SSSR count). The Balaban J connectivity index is 1.59. The molecule has 1 saturated heterocycles. The van der Waals surface area contributed by atoms with E-state index in [0.717, 1.165) is 19.5 Å². The third kappa shape index (κ3) is 3.43. The van der Waals surface area contributed by atoms with Gasteiger partial charge >= 0.3 is 0 Å². The number of fused-ring (bicyclic) bond motifs is 1. The van der Waals surface area contributed by atoms with Crippen molar-refractivity contribution in [2.75, 3.05) is 13.1 Å². The van der Waals surface area contributed by atoms with Crippen molar-refractivity contribution in [3.63, 3.8) is 0 Å². The van der Waals surface area contributed by atoms with E-state index in [4.69, 9.17) is 28.6 Å². The van der Waals surface area contributed by atoms with Crippen LogP contribution in [0.25, 0.3) is 4.85 Å². The van der Waals surface area contributed by atoms with Gasteiger partial charge in [0.1, 0.15) is 11.9 Å². The summed E-state index contributed by atoms with van der Waals surface area (Å²) in [7, 11) is 0. The summed E-state index contributed by atoms with van der Waals surface area (Å²) < 4.78 is 6.41. The third-order valence-electron chi connectivity index (χ3n) is 5.87. The average Bonchev–Trinajstić information content (AvgIpc) is 2.92. The standard InChI is InChI=1S/C22H24ClN3O/c1-22(2,24)15-12-26(13-15)19-10-14-6-4-5-7-17(14)21(19)27-20-9-8-16(25-3)11-18(20)23/h4-9,11,15,19,21H,10,12-13,24H2,1-2H3/t19-,21-/m1/s1. The van der Waals surface area contributed by atoms with Crippen LogP contribution in [0.4, 0.5) is 5.69 Å². The van der Waals surface area contributed by atoms with E-state index in [0.29, 0.717) is 22.4 Å². The summed E-state index contributed by atoms with van der Waals surface area (Å²) >= 11 is 6.37. The minimum absolute atomic E-state index is 0.0701. The van der Waals surface area contributed by atoms with Crippen LogP contribution < -0.4 is 10.5 Å². The van der Waals surface area contributed by atoms with Crippen LogP contribution in [0, 0.1) is 12.5 Å². The highest BCUT2D eigenvalue weighted by molar-refractivity contribution is 6.32. The van der Waals surface area contributed by atoms with E-state index < -0.39 is 0 Å². The van der Waals surface area contributed by atoms with Gasteiger partial charge in [0, 0.05) is 24.5 Å². The van der Waals surface area contributed by atoms with Crippen LogP contribution >= 0.6 is 11.6 Å². The highest BCUT2D eigenvalue weighted by atomic mass is 35.5. The smallest absolute Gasteiger partial charge is 0.188 e. The van der Waals surface area contributed by atoms with E-state index in [1.807, 2.05) is 0 Å². The van der Waals surface area contributed by atoms with Crippen LogP contribution in [0.15, 0.2) is 42.5 Å². The molecule has 0 radical (unpaired) electrons. The summed E-state index contributed by atoms with van der Waals surface area (Å²) in [6, 6.07) is 14.0. The first-order valence-electron chi connectivity index (χ1n) is 9.31. The number of hydrogen-bond acceptors (Lipinski definition) is 3. The van der Waals surface area contributed by atoms with Gasteiger partial charge in [-0.3, -0.25) is 4.90 Å². The van der Waals surface area contributed by atoms with Crippen molar-refractivity contribution < 1.29 is 4.74 Å². The molecule has 4 nitrogen and oxygen atoms in total. The zero-order chi connectivity index (χ0) is 19.2. The molecule has 0 aromatic heterocycles. The maximum atomic E-state index is 7.13. The Morgan fingerprint density at radius 3 is 2.63 bits per heavy atom. The van der Waals surface area contributed by atoms with E-state index in [9.17, 15) is 0 Å². The number of benzene rings is 2. The van der Waals surface area contributed by atoms with Gasteiger partial charge in [0.15, 0.2) is 5.69 Å². The summed E-state index contributed by atoms with van der Waals surface area (Å²) in [6.45, 7) is 13.3. The average molecular weight is 382 g/mol. The van der Waals surface area contributed by atoms with Crippen LogP contribution in [0.2, 0.25) is 5.02 Å². The fraction of sp³-hybridized carbons (Fsp3) is 0.409. The van der Waals surface area contributed by atoms with Crippen LogP contribution in [-0.4, -0.2) is 29.6 Å². The van der Waals surface area contributed by atoms with Gasteiger partial charge in [-0.25, -0.2) is 4.85 Å². The minimum Gasteiger partial charge on any atom is -0.483 e. The van der Waals surface area contributed by atoms with E-state index in [1.54, 1.807) is 18.2 Å². The SMILES string of the molecule is [C-]#[N+]c1ccc(O[C@@H]2c3ccccc3C[C@H]2N2CC(C(C)(C)N)C2)c(Cl)c1. The number of nitrogens with zero attached hydrogens (tertiary/aromatic N) is 2. The largest absolute Gasteiger partial charge is 0.483 e. The lowest BCUT2D eigenvalue weighted by Crippen LogP contribution is -2.62. The van der Waals surface area contributed by atoms with Gasteiger partial charge in [-0.05, 0) is 43.5 Å². The molecule has 5 heteroatoms. The van der Waals surface area contributed by atoms with Gasteiger partial charge in [0.2, 0.25) is 0 Å². The first-order chi connectivity index (χ1) is 12.9. The van der Waals surface area contributed by atoms with Crippen molar-refractivity contribution in [1.82, 2.24) is 4.90 Å². The molecule has 0 unspecified atom stereocenters. The highest BCUT2D eigenvalue weighted by Crippen LogP contribution is 2.43. The fourth-order valence-electron chi connectivity index (χ4n) is 4.05. The zero-order valence-corrected chi connectivity index (χ0v) is 16.4. The van der Waals surface area contributed by atoms with Crippen molar-refractivity contribution in [2.45, 2.75) is 38.0 Å². The lowest BCUT2D eigenvalue weighted by Gasteiger charge is -2.49. The summed E-state index contributed by atoms with van der Waals surface area (Å²) in [5, 5.41) is 0.483. The molecule has 2 N–H and O–H groups in total. The van der Waals surface area contributed by atoms with Crippen molar-refractivity contribution >= 4 is 17.3 Å². The molecule has 1 aliphatic carbocycles. The summed E-state index contributed by atoms with van der Waals surface area (Å²) in [6.07, 6.45) is 0.898. The van der Waals surface area contributed by atoms with Gasteiger partial charge in [0.05, 0.1) is 17.6 Å². The Morgan fingerprint density at radius 2 is 1.96 bits per heavy atom. The molecule has 1 heterocycles. The first-order valence-corrected chi connectivity index (χ1v) is 9.69. The molecule has 2 aromatic carbocycles. The number of nitrogens with two attached hydrogens (primary N) is 1. The molecule has 0 saturated carbocycles. The molecule has 27 heavy (non-hydrogen) atoms. The summed E-state index contributed by atoms with van der Waals surface area (Å²) in [5.41, 5.74) is 9.21. The van der Waals surface area contributed by atoms with Crippen LogP contribution in [0.1, 0.15) is 31.1 Å². The molecule has 140 valence electrons. The first kappa shape index (κ1) is 18.3. The molecule has 2 aliphatic rings. The molecular formula is C22H24ClN3O. The topological polar surface area (TPSA) is 42.8 Å². The second kappa shape index (κ2) is 6.83. The van der Waals surface area contributed by atoms with E-state index in [2.05, 4.69) is 47.9 Å². The summed E-state index contributed by atoms with van der Waals surface area (Å²) in [5.74, 6) is 1.13. The van der Waals surface area contributed by atoms with Gasteiger partial charge in [0.25, 0.3) is 0 Å². The van der Waals surface area contributed by atoms with Gasteiger partial charge in [-0.2, -0.15) is 0 Å². The molecule has 0 bridgehead atoms. The molecule has 1 aliphatic heterocycles. The van der Waals surface area contributed by atoms with Gasteiger partial charge in [-0.15, -0.1) is 0 Å². The quantitative estimate of drug-likeness (QED) is 0.787. The van der Waals surface area contributed by atoms with Crippen molar-refractivity contribution in [3.8, 4) is 5.75 Å². The predicted octanol–water partition coefficient (Wildman–Crippen LogP) is 4.60. The molecule has 1 fully saturated rings. The Morgan fingerprint density at radius 1 is 1.22 bits per heavy atom. The predicted molar refractivity (Wildman–Crippen MR) is 108 cm³/mol. The van der Waals surface area contributed by atoms with Crippen LogP contribution in [-0.2, 0) is 6.42 Å². The second-order valence-corrected chi connectivity index (χ2v) is 8.61. The zero-order valence-electron chi connectivity index (χ0n) is 15.7. The van der Waals surface area contributed by atoms with Crippen molar-refractivity contribution in [1.29, 1.82) is 0 Å². The lowest BCUT2D eigenvalue weighted by atomic mass is 9.81. The monoisotopic (exact) mass is 381 g/mol. The number of likely N-dealkylation sites (tertiary alicyclic amines) is 1. The van der Waals surface area contributed by atoms with Gasteiger partial charge in [-0.1, -0.05) is 41.9 Å². The maximum Gasteiger partial charge on any atom is 0.188 e. The number of rotatable bonds is 4. The number of hydrogen-bond donors (Lipinski definition) is 1. The fourth-order valence-corrected chi connectivity index (χ4v) is 4.26. The van der Waals surface area contributed by atoms with E-state index >= 15 is 0 Å². The lowest BCUT2D eigenvalue weighted by molar-refractivity contribution is -0.0213. The van der Waals surface area contributed by atoms with E-state index in [-0.39, 0.29) is 17.7 Å². The Kier molecular flexibility index (Phi) is 4.63. The number of ether oxygens (including phenoxy) is 1. The third-order valence-corrected chi connectivity index (χ3v) is 6.17. The number of halogens is 1. The molecule has 0 spiro atoms. The molecular weight excluding hydrogens is 358 g/mol. The van der Waals surface area contributed by atoms with Crippen molar-refractivity contribution in [2.24, 2.45) is 11.7 Å². The molecule has 2 aromatic rings. The Hall–Kier alpha value is -2.06. The molecule has 2 atom stereocenters. The summed E-state index contributed by atoms with van der Waals surface area (Å²) in [4.78, 5) is 5.90. The van der Waals surface area contributed by atoms with Crippen molar-refractivity contribution in [3.05, 3.63) is 70.0 Å². The Bertz CT molecular complexity index is 893. The molecule has 0 amide bonds. The van der Waals surface area contributed by atoms with Gasteiger partial charge < -0.3 is 10.5 Å². The second-order valence-electron chi connectivity index (χ2n) is 8.21. The van der Waals surface area contributed by atoms with Crippen LogP contribution in [0.5, 0.6) is 5.75 Å². The van der Waals surface area contributed by atoms with Crippen LogP contribution in [0.3, 0.4) is 0 Å². The normalized spacial score (nSPS) is 22.8. The highest BCUT2D eigenvalue weighted by Gasteiger charge is 2.45. The van der Waals surface area contributed by atoms with E-state index in [1.165, 1.54) is 11.1 Å². The maximum absolute atomic E-state index is 7.13. The minimum atomic E-state index is -0.156. The Labute approximate surface area is 165 Å².